The van der Waals surface area contributed by atoms with E-state index in [9.17, 15) is 18.0 Å². The Kier molecular flexibility index (Phi) is 2.37. The van der Waals surface area contributed by atoms with E-state index in [0.717, 1.165) is 0 Å². The maximum Gasteiger partial charge on any atom is 0.419 e. The van der Waals surface area contributed by atoms with Crippen LogP contribution in [0, 0.1) is 0 Å². The second-order valence-corrected chi connectivity index (χ2v) is 2.24. The first-order valence-corrected chi connectivity index (χ1v) is 3.21. The highest BCUT2D eigenvalue weighted by atomic mass is 19.4. The molecule has 1 rings (SSSR count). The molecule has 0 saturated heterocycles. The fourth-order valence-electron chi connectivity index (χ4n) is 0.799. The van der Waals surface area contributed by atoms with Gasteiger partial charge in [0.25, 0.3) is 0 Å². The van der Waals surface area contributed by atoms with Crippen LogP contribution in [0.25, 0.3) is 0 Å². The molecule has 0 unspecified atom stereocenters. The number of aliphatic hydroxyl groups is 1. The summed E-state index contributed by atoms with van der Waals surface area (Å²) in [7, 11) is 0. The average molecular weight is 194 g/mol. The molecule has 72 valence electrons. The second kappa shape index (κ2) is 3.17. The fraction of sp³-hybridized carbons (Fsp3) is 0.333. The first-order valence-electron chi connectivity index (χ1n) is 3.21. The molecule has 0 aliphatic carbocycles. The smallest absolute Gasteiger partial charge is 0.390 e. The minimum atomic E-state index is -4.62. The van der Waals surface area contributed by atoms with Gasteiger partial charge in [0.05, 0.1) is 17.9 Å². The van der Waals surface area contributed by atoms with Crippen molar-refractivity contribution in [3.8, 4) is 0 Å². The molecule has 0 bridgehead atoms. The minimum Gasteiger partial charge on any atom is -0.390 e. The molecule has 0 amide bonds. The van der Waals surface area contributed by atoms with Gasteiger partial charge in [0.15, 0.2) is 0 Å². The van der Waals surface area contributed by atoms with Crippen LogP contribution in [0.2, 0.25) is 0 Å². The maximum atomic E-state index is 12.1. The van der Waals surface area contributed by atoms with Crippen LogP contribution in [0.3, 0.4) is 0 Å². The number of hydrogen-bond acceptors (Lipinski definition) is 3. The fourth-order valence-corrected chi connectivity index (χ4v) is 0.799. The van der Waals surface area contributed by atoms with Gasteiger partial charge in [-0.15, -0.1) is 0 Å². The minimum absolute atomic E-state index is 0.393. The highest BCUT2D eigenvalue weighted by Crippen LogP contribution is 2.29. The average Bonchev–Trinajstić information content (AvgIpc) is 2.01. The van der Waals surface area contributed by atoms with E-state index in [1.54, 1.807) is 4.98 Å². The van der Waals surface area contributed by atoms with Crippen LogP contribution in [0.4, 0.5) is 13.2 Å². The summed E-state index contributed by atoms with van der Waals surface area (Å²) in [6.45, 7) is -0.882. The number of aromatic amines is 1. The van der Waals surface area contributed by atoms with Gasteiger partial charge < -0.3 is 10.1 Å². The number of aliphatic hydroxyl groups excluding tert-OH is 1. The zero-order valence-corrected chi connectivity index (χ0v) is 6.22. The summed E-state index contributed by atoms with van der Waals surface area (Å²) in [4.78, 5) is 15.2. The molecule has 7 heteroatoms. The standard InChI is InChI=1S/C6H5F3N2O2/c7-6(8,9)3-1-10-5(13)11-4(3)2-12/h1,12H,2H2,(H,10,11,13). The Bertz CT molecular complexity index is 358. The van der Waals surface area contributed by atoms with Crippen molar-refractivity contribution in [2.45, 2.75) is 12.8 Å². The molecule has 2 N–H and O–H groups in total. The van der Waals surface area contributed by atoms with Crippen LogP contribution >= 0.6 is 0 Å². The van der Waals surface area contributed by atoms with E-state index in [0.29, 0.717) is 6.20 Å². The van der Waals surface area contributed by atoms with Gasteiger partial charge in [-0.25, -0.2) is 9.78 Å². The number of aromatic nitrogens is 2. The van der Waals surface area contributed by atoms with E-state index in [2.05, 4.69) is 4.98 Å². The van der Waals surface area contributed by atoms with Crippen molar-refractivity contribution < 1.29 is 18.3 Å². The molecule has 4 nitrogen and oxygen atoms in total. The van der Waals surface area contributed by atoms with E-state index in [1.807, 2.05) is 0 Å². The lowest BCUT2D eigenvalue weighted by molar-refractivity contribution is -0.139. The van der Waals surface area contributed by atoms with Crippen molar-refractivity contribution in [1.82, 2.24) is 9.97 Å². The van der Waals surface area contributed by atoms with Crippen molar-refractivity contribution in [3.63, 3.8) is 0 Å². The van der Waals surface area contributed by atoms with Crippen LogP contribution in [-0.4, -0.2) is 15.1 Å². The van der Waals surface area contributed by atoms with Crippen molar-refractivity contribution in [1.29, 1.82) is 0 Å². The number of hydrogen-bond donors (Lipinski definition) is 2. The highest BCUT2D eigenvalue weighted by molar-refractivity contribution is 5.18. The quantitative estimate of drug-likeness (QED) is 0.674. The third-order valence-corrected chi connectivity index (χ3v) is 1.36. The molecule has 0 aliphatic heterocycles. The summed E-state index contributed by atoms with van der Waals surface area (Å²) >= 11 is 0. The van der Waals surface area contributed by atoms with Gasteiger partial charge in [-0.3, -0.25) is 0 Å². The summed E-state index contributed by atoms with van der Waals surface area (Å²) in [5.41, 5.74) is -2.63. The van der Waals surface area contributed by atoms with E-state index in [1.165, 1.54) is 0 Å². The number of nitrogens with zero attached hydrogens (tertiary/aromatic N) is 1. The number of halogens is 3. The Morgan fingerprint density at radius 1 is 1.54 bits per heavy atom. The van der Waals surface area contributed by atoms with Gasteiger partial charge in [-0.05, 0) is 0 Å². The molecule has 0 spiro atoms. The molecule has 0 fully saturated rings. The first-order chi connectivity index (χ1) is 5.95. The van der Waals surface area contributed by atoms with Crippen LogP contribution < -0.4 is 5.69 Å². The van der Waals surface area contributed by atoms with Crippen molar-refractivity contribution >= 4 is 0 Å². The van der Waals surface area contributed by atoms with Crippen molar-refractivity contribution in [2.24, 2.45) is 0 Å². The Labute approximate surface area is 70.1 Å². The predicted molar refractivity (Wildman–Crippen MR) is 35.8 cm³/mol. The molecule has 0 atom stereocenters. The van der Waals surface area contributed by atoms with Crippen molar-refractivity contribution in [2.75, 3.05) is 0 Å². The third kappa shape index (κ3) is 2.05. The van der Waals surface area contributed by atoms with E-state index in [-0.39, 0.29) is 0 Å². The van der Waals surface area contributed by atoms with Gasteiger partial charge in [0.2, 0.25) is 0 Å². The number of alkyl halides is 3. The lowest BCUT2D eigenvalue weighted by atomic mass is 10.2. The van der Waals surface area contributed by atoms with Crippen molar-refractivity contribution in [3.05, 3.63) is 27.9 Å². The molecule has 13 heavy (non-hydrogen) atoms. The van der Waals surface area contributed by atoms with Gasteiger partial charge in [0, 0.05) is 6.20 Å². The summed E-state index contributed by atoms with van der Waals surface area (Å²) in [5.74, 6) is 0. The summed E-state index contributed by atoms with van der Waals surface area (Å²) < 4.78 is 36.3. The van der Waals surface area contributed by atoms with Gasteiger partial charge in [-0.1, -0.05) is 0 Å². The second-order valence-electron chi connectivity index (χ2n) is 2.24. The summed E-state index contributed by atoms with van der Waals surface area (Å²) in [5, 5.41) is 8.51. The van der Waals surface area contributed by atoms with Crippen LogP contribution in [0.5, 0.6) is 0 Å². The molecular weight excluding hydrogens is 189 g/mol. The van der Waals surface area contributed by atoms with Gasteiger partial charge in [0.1, 0.15) is 0 Å². The maximum absolute atomic E-state index is 12.1. The topological polar surface area (TPSA) is 66.0 Å². The van der Waals surface area contributed by atoms with Gasteiger partial charge in [-0.2, -0.15) is 13.2 Å². The number of rotatable bonds is 1. The Morgan fingerprint density at radius 2 is 2.15 bits per heavy atom. The lowest BCUT2D eigenvalue weighted by Crippen LogP contribution is -2.19. The number of H-pyrrole nitrogens is 1. The van der Waals surface area contributed by atoms with Gasteiger partial charge >= 0.3 is 11.9 Å². The molecule has 0 aromatic carbocycles. The molecular formula is C6H5F3N2O2. The van der Waals surface area contributed by atoms with Crippen LogP contribution in [0.1, 0.15) is 11.3 Å². The summed E-state index contributed by atoms with van der Waals surface area (Å²) in [6, 6.07) is 0. The van der Waals surface area contributed by atoms with E-state index < -0.39 is 29.7 Å². The zero-order valence-electron chi connectivity index (χ0n) is 6.22. The Morgan fingerprint density at radius 3 is 2.62 bits per heavy atom. The molecule has 0 radical (unpaired) electrons. The van der Waals surface area contributed by atoms with E-state index >= 15 is 0 Å². The molecule has 0 aliphatic rings. The van der Waals surface area contributed by atoms with Crippen LogP contribution in [-0.2, 0) is 12.8 Å². The Hall–Kier alpha value is -1.37. The molecule has 1 aromatic rings. The normalized spacial score (nSPS) is 11.7. The SMILES string of the molecule is O=c1ncc(C(F)(F)F)c(CO)[nH]1. The third-order valence-electron chi connectivity index (χ3n) is 1.36. The molecule has 1 aromatic heterocycles. The largest absolute Gasteiger partial charge is 0.419 e. The predicted octanol–water partition coefficient (Wildman–Crippen LogP) is 0.281. The Balaban J connectivity index is 3.30. The summed E-state index contributed by atoms with van der Waals surface area (Å²) in [6.07, 6.45) is -4.22. The van der Waals surface area contributed by atoms with E-state index in [4.69, 9.17) is 5.11 Å². The monoisotopic (exact) mass is 194 g/mol. The lowest BCUT2D eigenvalue weighted by Gasteiger charge is -2.08. The first kappa shape index (κ1) is 9.72. The zero-order chi connectivity index (χ0) is 10.1. The highest BCUT2D eigenvalue weighted by Gasteiger charge is 2.34. The van der Waals surface area contributed by atoms with Crippen LogP contribution in [0.15, 0.2) is 11.0 Å². The molecule has 0 saturated carbocycles. The molecule has 1 heterocycles. The number of nitrogens with one attached hydrogen (secondary N) is 1.